The molecular weight excluding hydrogens is 437 g/mol. The van der Waals surface area contributed by atoms with Crippen LogP contribution in [0.1, 0.15) is 44.8 Å². The molecule has 1 aliphatic carbocycles. The SMILES string of the molecule is Cc1cc(-c2cncc(C(=O)NC3CC3)c2)nc2c1C(=O)N(c1cnn(CC(F)(F)F)c1)C2. The molecule has 4 heterocycles. The van der Waals surface area contributed by atoms with Crippen molar-refractivity contribution < 1.29 is 22.8 Å². The Labute approximate surface area is 186 Å². The summed E-state index contributed by atoms with van der Waals surface area (Å²) >= 11 is 0. The zero-order valence-corrected chi connectivity index (χ0v) is 17.6. The number of rotatable bonds is 5. The van der Waals surface area contributed by atoms with Crippen LogP contribution >= 0.6 is 0 Å². The van der Waals surface area contributed by atoms with Crippen LogP contribution in [0.25, 0.3) is 11.3 Å². The normalized spacial score (nSPS) is 15.6. The lowest BCUT2D eigenvalue weighted by atomic mass is 10.0. The number of halogens is 3. The summed E-state index contributed by atoms with van der Waals surface area (Å²) in [5, 5.41) is 6.64. The monoisotopic (exact) mass is 456 g/mol. The Bertz CT molecular complexity index is 1270. The van der Waals surface area contributed by atoms with Crippen LogP contribution in [0, 0.1) is 6.92 Å². The van der Waals surface area contributed by atoms with E-state index < -0.39 is 12.7 Å². The summed E-state index contributed by atoms with van der Waals surface area (Å²) in [7, 11) is 0. The average Bonchev–Trinajstić information content (AvgIpc) is 3.34. The number of aromatic nitrogens is 4. The fourth-order valence-corrected chi connectivity index (χ4v) is 3.82. The zero-order valence-electron chi connectivity index (χ0n) is 17.6. The Morgan fingerprint density at radius 1 is 1.21 bits per heavy atom. The predicted octanol–water partition coefficient (Wildman–Crippen LogP) is 3.26. The van der Waals surface area contributed by atoms with Gasteiger partial charge in [-0.3, -0.25) is 29.1 Å². The smallest absolute Gasteiger partial charge is 0.349 e. The van der Waals surface area contributed by atoms with E-state index in [0.717, 1.165) is 17.5 Å². The molecule has 1 saturated carbocycles. The first-order chi connectivity index (χ1) is 15.7. The average molecular weight is 456 g/mol. The molecule has 0 aromatic carbocycles. The number of hydrogen-bond acceptors (Lipinski definition) is 5. The van der Waals surface area contributed by atoms with Gasteiger partial charge in [0.15, 0.2) is 0 Å². The van der Waals surface area contributed by atoms with Gasteiger partial charge in [-0.15, -0.1) is 0 Å². The van der Waals surface area contributed by atoms with Gasteiger partial charge in [-0.05, 0) is 37.5 Å². The van der Waals surface area contributed by atoms with Crippen molar-refractivity contribution in [3.05, 3.63) is 59.3 Å². The number of nitrogens with zero attached hydrogens (tertiary/aromatic N) is 5. The van der Waals surface area contributed by atoms with Crippen LogP contribution in [0.2, 0.25) is 0 Å². The number of fused-ring (bicyclic) bond motifs is 1. The Morgan fingerprint density at radius 2 is 2.00 bits per heavy atom. The lowest BCUT2D eigenvalue weighted by Crippen LogP contribution is -2.25. The van der Waals surface area contributed by atoms with Crippen molar-refractivity contribution in [1.82, 2.24) is 25.1 Å². The Balaban J connectivity index is 1.41. The van der Waals surface area contributed by atoms with E-state index >= 15 is 0 Å². The van der Waals surface area contributed by atoms with Gasteiger partial charge in [0.2, 0.25) is 0 Å². The molecule has 0 bridgehead atoms. The second kappa shape index (κ2) is 7.68. The number of nitrogens with one attached hydrogen (secondary N) is 1. The minimum absolute atomic E-state index is 0.107. The molecule has 0 atom stereocenters. The molecule has 1 fully saturated rings. The molecule has 1 aliphatic heterocycles. The van der Waals surface area contributed by atoms with Gasteiger partial charge < -0.3 is 5.32 Å². The molecule has 3 aromatic rings. The minimum Gasteiger partial charge on any atom is -0.349 e. The summed E-state index contributed by atoms with van der Waals surface area (Å²) in [6, 6.07) is 3.67. The first kappa shape index (κ1) is 21.1. The molecule has 0 radical (unpaired) electrons. The van der Waals surface area contributed by atoms with Crippen LogP contribution in [0.3, 0.4) is 0 Å². The minimum atomic E-state index is -4.41. The maximum Gasteiger partial charge on any atom is 0.408 e. The van der Waals surface area contributed by atoms with Crippen molar-refractivity contribution in [3.8, 4) is 11.3 Å². The van der Waals surface area contributed by atoms with Gasteiger partial charge in [0.1, 0.15) is 6.54 Å². The number of aryl methyl sites for hydroxylation is 1. The number of anilines is 1. The lowest BCUT2D eigenvalue weighted by Gasteiger charge is -2.12. The van der Waals surface area contributed by atoms with E-state index in [9.17, 15) is 22.8 Å². The predicted molar refractivity (Wildman–Crippen MR) is 111 cm³/mol. The Hall–Kier alpha value is -3.76. The lowest BCUT2D eigenvalue weighted by molar-refractivity contribution is -0.142. The molecule has 2 aliphatic rings. The number of alkyl halides is 3. The Morgan fingerprint density at radius 3 is 2.73 bits per heavy atom. The quantitative estimate of drug-likeness (QED) is 0.636. The molecule has 0 unspecified atom stereocenters. The second-order valence-corrected chi connectivity index (χ2v) is 8.26. The van der Waals surface area contributed by atoms with Crippen LogP contribution in [-0.2, 0) is 13.1 Å². The zero-order chi connectivity index (χ0) is 23.3. The number of amides is 2. The maximum atomic E-state index is 13.0. The van der Waals surface area contributed by atoms with E-state index in [1.807, 2.05) is 0 Å². The van der Waals surface area contributed by atoms with Gasteiger partial charge in [0.25, 0.3) is 11.8 Å². The molecule has 170 valence electrons. The van der Waals surface area contributed by atoms with Crippen LogP contribution in [0.15, 0.2) is 36.9 Å². The van der Waals surface area contributed by atoms with Crippen molar-refractivity contribution in [2.24, 2.45) is 0 Å². The van der Waals surface area contributed by atoms with Crippen LogP contribution in [-0.4, -0.2) is 43.8 Å². The van der Waals surface area contributed by atoms with Crippen LogP contribution in [0.5, 0.6) is 0 Å². The first-order valence-electron chi connectivity index (χ1n) is 10.4. The molecule has 33 heavy (non-hydrogen) atoms. The molecule has 8 nitrogen and oxygen atoms in total. The molecular formula is C22H19F3N6O2. The summed E-state index contributed by atoms with van der Waals surface area (Å²) in [5.41, 5.74) is 3.48. The van der Waals surface area contributed by atoms with Crippen molar-refractivity contribution in [3.63, 3.8) is 0 Å². The molecule has 5 rings (SSSR count). The number of carbonyl (C=O) groups excluding carboxylic acids is 2. The van der Waals surface area contributed by atoms with Crippen molar-refractivity contribution in [2.75, 3.05) is 4.90 Å². The van der Waals surface area contributed by atoms with Gasteiger partial charge in [-0.1, -0.05) is 0 Å². The van der Waals surface area contributed by atoms with E-state index in [0.29, 0.717) is 33.6 Å². The highest BCUT2D eigenvalue weighted by molar-refractivity contribution is 6.10. The fourth-order valence-electron chi connectivity index (χ4n) is 3.82. The van der Waals surface area contributed by atoms with E-state index in [-0.39, 0.29) is 30.1 Å². The Kier molecular flexibility index (Phi) is 4.91. The van der Waals surface area contributed by atoms with E-state index in [2.05, 4.69) is 20.4 Å². The van der Waals surface area contributed by atoms with Crippen molar-refractivity contribution in [2.45, 2.75) is 45.1 Å². The number of hydrogen-bond donors (Lipinski definition) is 1. The number of pyridine rings is 2. The van der Waals surface area contributed by atoms with Crippen molar-refractivity contribution >= 4 is 17.5 Å². The summed E-state index contributed by atoms with van der Waals surface area (Å²) in [6.45, 7) is 0.645. The third-order valence-corrected chi connectivity index (χ3v) is 5.54. The highest BCUT2D eigenvalue weighted by Crippen LogP contribution is 2.32. The fraction of sp³-hybridized carbons (Fsp3) is 0.318. The summed E-state index contributed by atoms with van der Waals surface area (Å²) in [6.07, 6.45) is 3.06. The van der Waals surface area contributed by atoms with Crippen molar-refractivity contribution in [1.29, 1.82) is 0 Å². The van der Waals surface area contributed by atoms with E-state index in [1.165, 1.54) is 23.5 Å². The standard InChI is InChI=1S/C22H19F3N6O2/c1-12-4-17(13-5-14(7-26-6-13)20(32)28-15-2-3-15)29-18-10-31(21(33)19(12)18)16-8-27-30(9-16)11-22(23,24)25/h4-9,15H,2-3,10-11H2,1H3,(H,28,32). The molecule has 11 heteroatoms. The van der Waals surface area contributed by atoms with Crippen LogP contribution < -0.4 is 10.2 Å². The molecule has 2 amide bonds. The highest BCUT2D eigenvalue weighted by atomic mass is 19.4. The third-order valence-electron chi connectivity index (χ3n) is 5.54. The van der Waals surface area contributed by atoms with Gasteiger partial charge in [0, 0.05) is 30.2 Å². The van der Waals surface area contributed by atoms with E-state index in [4.69, 9.17) is 0 Å². The highest BCUT2D eigenvalue weighted by Gasteiger charge is 2.34. The summed E-state index contributed by atoms with van der Waals surface area (Å²) < 4.78 is 38.7. The first-order valence-corrected chi connectivity index (χ1v) is 10.4. The second-order valence-electron chi connectivity index (χ2n) is 8.26. The molecule has 1 N–H and O–H groups in total. The van der Waals surface area contributed by atoms with Gasteiger partial charge in [0.05, 0.1) is 40.9 Å². The summed E-state index contributed by atoms with van der Waals surface area (Å²) in [5.74, 6) is -0.536. The van der Waals surface area contributed by atoms with Gasteiger partial charge in [-0.25, -0.2) is 0 Å². The molecule has 3 aromatic heterocycles. The molecule has 0 saturated heterocycles. The largest absolute Gasteiger partial charge is 0.408 e. The third kappa shape index (κ3) is 4.30. The molecule has 0 spiro atoms. The maximum absolute atomic E-state index is 13.0. The number of carbonyl (C=O) groups is 2. The summed E-state index contributed by atoms with van der Waals surface area (Å²) in [4.78, 5) is 35.5. The van der Waals surface area contributed by atoms with Crippen LogP contribution in [0.4, 0.5) is 18.9 Å². The van der Waals surface area contributed by atoms with Gasteiger partial charge >= 0.3 is 6.18 Å². The topological polar surface area (TPSA) is 93.0 Å². The van der Waals surface area contributed by atoms with Gasteiger partial charge in [-0.2, -0.15) is 18.3 Å². The van der Waals surface area contributed by atoms with E-state index in [1.54, 1.807) is 25.3 Å².